The van der Waals surface area contributed by atoms with E-state index in [1.54, 1.807) is 0 Å². The van der Waals surface area contributed by atoms with Gasteiger partial charge in [-0.3, -0.25) is 4.79 Å². The highest BCUT2D eigenvalue weighted by molar-refractivity contribution is 5.92. The van der Waals surface area contributed by atoms with Crippen molar-refractivity contribution in [2.45, 2.75) is 77.0 Å². The Labute approximate surface area is 160 Å². The molecule has 146 valence electrons. The molecule has 26 heavy (non-hydrogen) atoms. The fourth-order valence-corrected chi connectivity index (χ4v) is 4.14. The molecular formula is C23H38N2O. The number of benzene rings is 1. The van der Waals surface area contributed by atoms with Crippen molar-refractivity contribution in [2.75, 3.05) is 19.6 Å². The summed E-state index contributed by atoms with van der Waals surface area (Å²) in [5, 5.41) is 0. The molecule has 1 amide bonds. The first-order chi connectivity index (χ1) is 12.7. The quantitative estimate of drug-likeness (QED) is 0.510. The standard InChI is InChI=1S/C23H38N2O/c1-3-5-7-12-16-25(17-13-8-6-4-2)22(26)23(18-21(23)19-24)20-14-10-9-11-15-20/h9-11,14-15,21H,3-8,12-13,16-19,24H2,1-2H3/t21?,23-/m1/s1. The number of hydrogen-bond acceptors (Lipinski definition) is 2. The molecule has 1 aromatic rings. The Morgan fingerprint density at radius 3 is 2.04 bits per heavy atom. The van der Waals surface area contributed by atoms with Gasteiger partial charge < -0.3 is 10.6 Å². The number of carbonyl (C=O) groups excluding carboxylic acids is 1. The minimum atomic E-state index is -0.356. The molecular weight excluding hydrogens is 320 g/mol. The van der Waals surface area contributed by atoms with Crippen LogP contribution in [0.2, 0.25) is 0 Å². The third-order valence-corrected chi connectivity index (χ3v) is 5.91. The van der Waals surface area contributed by atoms with Gasteiger partial charge in [-0.2, -0.15) is 0 Å². The van der Waals surface area contributed by atoms with Gasteiger partial charge in [0.1, 0.15) is 0 Å². The first kappa shape index (κ1) is 21.0. The summed E-state index contributed by atoms with van der Waals surface area (Å²) in [5.74, 6) is 0.623. The van der Waals surface area contributed by atoms with Crippen LogP contribution in [0.15, 0.2) is 30.3 Å². The van der Waals surface area contributed by atoms with Crippen molar-refractivity contribution in [2.24, 2.45) is 11.7 Å². The molecule has 1 aliphatic carbocycles. The summed E-state index contributed by atoms with van der Waals surface area (Å²) in [7, 11) is 0. The number of nitrogens with zero attached hydrogens (tertiary/aromatic N) is 1. The van der Waals surface area contributed by atoms with Crippen LogP contribution in [-0.2, 0) is 10.2 Å². The second-order valence-electron chi connectivity index (χ2n) is 7.89. The van der Waals surface area contributed by atoms with Crippen LogP contribution in [0.25, 0.3) is 0 Å². The summed E-state index contributed by atoms with van der Waals surface area (Å²) in [5.41, 5.74) is 6.80. The summed E-state index contributed by atoms with van der Waals surface area (Å²) in [6, 6.07) is 10.3. The van der Waals surface area contributed by atoms with Crippen molar-refractivity contribution >= 4 is 5.91 Å². The molecule has 0 saturated heterocycles. The van der Waals surface area contributed by atoms with Gasteiger partial charge >= 0.3 is 0 Å². The zero-order valence-electron chi connectivity index (χ0n) is 16.9. The van der Waals surface area contributed by atoms with Gasteiger partial charge in [-0.15, -0.1) is 0 Å². The van der Waals surface area contributed by atoms with Gasteiger partial charge in [0.2, 0.25) is 5.91 Å². The van der Waals surface area contributed by atoms with Gasteiger partial charge in [-0.1, -0.05) is 82.7 Å². The third kappa shape index (κ3) is 5.09. The van der Waals surface area contributed by atoms with Crippen LogP contribution in [0.4, 0.5) is 0 Å². The number of unbranched alkanes of at least 4 members (excludes halogenated alkanes) is 6. The average molecular weight is 359 g/mol. The lowest BCUT2D eigenvalue weighted by molar-refractivity contribution is -0.134. The number of nitrogens with two attached hydrogens (primary N) is 1. The lowest BCUT2D eigenvalue weighted by Crippen LogP contribution is -2.42. The van der Waals surface area contributed by atoms with Gasteiger partial charge in [0.15, 0.2) is 0 Å². The Morgan fingerprint density at radius 2 is 1.58 bits per heavy atom. The largest absolute Gasteiger partial charge is 0.342 e. The highest BCUT2D eigenvalue weighted by Crippen LogP contribution is 2.55. The molecule has 2 atom stereocenters. The number of rotatable bonds is 13. The van der Waals surface area contributed by atoms with Crippen LogP contribution in [0.3, 0.4) is 0 Å². The van der Waals surface area contributed by atoms with E-state index < -0.39 is 0 Å². The monoisotopic (exact) mass is 358 g/mol. The number of carbonyl (C=O) groups is 1. The molecule has 2 N–H and O–H groups in total. The lowest BCUT2D eigenvalue weighted by atomic mass is 9.91. The molecule has 3 heteroatoms. The zero-order chi connectivity index (χ0) is 18.8. The van der Waals surface area contributed by atoms with Gasteiger partial charge in [-0.05, 0) is 37.3 Å². The summed E-state index contributed by atoms with van der Waals surface area (Å²) in [6.07, 6.45) is 10.5. The maximum absolute atomic E-state index is 13.6. The van der Waals surface area contributed by atoms with Crippen molar-refractivity contribution in [1.29, 1.82) is 0 Å². The van der Waals surface area contributed by atoms with E-state index in [4.69, 9.17) is 5.73 Å². The fourth-order valence-electron chi connectivity index (χ4n) is 4.14. The van der Waals surface area contributed by atoms with Crippen LogP contribution < -0.4 is 5.73 Å². The van der Waals surface area contributed by atoms with Gasteiger partial charge in [0, 0.05) is 13.1 Å². The molecule has 1 aromatic carbocycles. The third-order valence-electron chi connectivity index (χ3n) is 5.91. The molecule has 2 rings (SSSR count). The van der Waals surface area contributed by atoms with E-state index in [0.717, 1.165) is 37.9 Å². The van der Waals surface area contributed by atoms with Crippen LogP contribution in [0.1, 0.15) is 77.2 Å². The average Bonchev–Trinajstić information content (AvgIpc) is 3.43. The van der Waals surface area contributed by atoms with E-state index in [2.05, 4.69) is 30.9 Å². The van der Waals surface area contributed by atoms with E-state index in [0.29, 0.717) is 18.4 Å². The maximum atomic E-state index is 13.6. The predicted octanol–water partition coefficient (Wildman–Crippen LogP) is 4.89. The smallest absolute Gasteiger partial charge is 0.233 e. The summed E-state index contributed by atoms with van der Waals surface area (Å²) in [4.78, 5) is 15.8. The van der Waals surface area contributed by atoms with Gasteiger partial charge in [0.05, 0.1) is 5.41 Å². The normalized spacial score (nSPS) is 21.6. The number of hydrogen-bond donors (Lipinski definition) is 1. The molecule has 1 fully saturated rings. The first-order valence-electron chi connectivity index (χ1n) is 10.8. The van der Waals surface area contributed by atoms with Crippen molar-refractivity contribution in [3.8, 4) is 0 Å². The molecule has 0 bridgehead atoms. The van der Waals surface area contributed by atoms with Crippen LogP contribution in [0.5, 0.6) is 0 Å². The van der Waals surface area contributed by atoms with E-state index in [-0.39, 0.29) is 5.41 Å². The SMILES string of the molecule is CCCCCCN(CCCCCC)C(=O)[C@@]1(c2ccccc2)CC1CN. The highest BCUT2D eigenvalue weighted by atomic mass is 16.2. The Bertz CT molecular complexity index is 518. The van der Waals surface area contributed by atoms with Crippen LogP contribution in [0, 0.1) is 5.92 Å². The fraction of sp³-hybridized carbons (Fsp3) is 0.696. The molecule has 1 unspecified atom stereocenters. The molecule has 0 heterocycles. The van der Waals surface area contributed by atoms with Gasteiger partial charge in [-0.25, -0.2) is 0 Å². The minimum absolute atomic E-state index is 0.297. The van der Waals surface area contributed by atoms with E-state index in [1.165, 1.54) is 38.5 Å². The molecule has 0 radical (unpaired) electrons. The van der Waals surface area contributed by atoms with E-state index >= 15 is 0 Å². The number of amides is 1. The van der Waals surface area contributed by atoms with Crippen molar-refractivity contribution in [3.05, 3.63) is 35.9 Å². The molecule has 0 spiro atoms. The summed E-state index contributed by atoms with van der Waals surface area (Å²) < 4.78 is 0. The summed E-state index contributed by atoms with van der Waals surface area (Å²) >= 11 is 0. The predicted molar refractivity (Wildman–Crippen MR) is 110 cm³/mol. The van der Waals surface area contributed by atoms with Crippen molar-refractivity contribution in [3.63, 3.8) is 0 Å². The van der Waals surface area contributed by atoms with Crippen LogP contribution >= 0.6 is 0 Å². The molecule has 3 nitrogen and oxygen atoms in total. The minimum Gasteiger partial charge on any atom is -0.342 e. The van der Waals surface area contributed by atoms with Gasteiger partial charge in [0.25, 0.3) is 0 Å². The Kier molecular flexibility index (Phi) is 8.64. The second-order valence-corrected chi connectivity index (χ2v) is 7.89. The molecule has 1 saturated carbocycles. The van der Waals surface area contributed by atoms with E-state index in [1.807, 2.05) is 18.2 Å². The summed E-state index contributed by atoms with van der Waals surface area (Å²) in [6.45, 7) is 6.86. The highest BCUT2D eigenvalue weighted by Gasteiger charge is 2.61. The Morgan fingerprint density at radius 1 is 1.00 bits per heavy atom. The maximum Gasteiger partial charge on any atom is 0.233 e. The zero-order valence-corrected chi connectivity index (χ0v) is 16.9. The van der Waals surface area contributed by atoms with Crippen molar-refractivity contribution in [1.82, 2.24) is 4.90 Å². The Balaban J connectivity index is 2.08. The van der Waals surface area contributed by atoms with E-state index in [9.17, 15) is 4.79 Å². The Hall–Kier alpha value is -1.35. The van der Waals surface area contributed by atoms with Crippen LogP contribution in [-0.4, -0.2) is 30.4 Å². The topological polar surface area (TPSA) is 46.3 Å². The second kappa shape index (κ2) is 10.7. The first-order valence-corrected chi connectivity index (χ1v) is 10.8. The molecule has 0 aromatic heterocycles. The molecule has 1 aliphatic rings. The lowest BCUT2D eigenvalue weighted by Gasteiger charge is -2.29. The molecule has 0 aliphatic heterocycles. The van der Waals surface area contributed by atoms with Crippen molar-refractivity contribution < 1.29 is 4.79 Å².